The predicted octanol–water partition coefficient (Wildman–Crippen LogP) is 4.53. The minimum absolute atomic E-state index is 0.177. The van der Waals surface area contributed by atoms with Crippen molar-refractivity contribution in [3.8, 4) is 28.9 Å². The summed E-state index contributed by atoms with van der Waals surface area (Å²) >= 11 is 0. The monoisotopic (exact) mass is 373 g/mol. The third-order valence-corrected chi connectivity index (χ3v) is 4.29. The summed E-state index contributed by atoms with van der Waals surface area (Å²) in [4.78, 5) is 11.7. The summed E-state index contributed by atoms with van der Waals surface area (Å²) in [5.41, 5.74) is 2.32. The average molecular weight is 373 g/mol. The van der Waals surface area contributed by atoms with E-state index in [9.17, 15) is 10.1 Å². The molecule has 0 unspecified atom stereocenters. The van der Waals surface area contributed by atoms with Crippen LogP contribution in [0.5, 0.6) is 11.5 Å². The van der Waals surface area contributed by atoms with Crippen molar-refractivity contribution < 1.29 is 23.4 Å². The maximum absolute atomic E-state index is 11.7. The number of methoxy groups -OCH3 is 1. The molecule has 0 fully saturated rings. The van der Waals surface area contributed by atoms with Crippen molar-refractivity contribution in [2.45, 2.75) is 0 Å². The predicted molar refractivity (Wildman–Crippen MR) is 102 cm³/mol. The van der Waals surface area contributed by atoms with Crippen LogP contribution in [-0.4, -0.2) is 19.9 Å². The standard InChI is InChI=1S/C22H15NO5/c1-25-22(24)16-4-2-3-15(9-16)19-8-6-18(28-19)10-17(12-23)14-5-7-20-21(11-14)27-13-26-20/h2-11H,13H2,1H3/b17-10-. The highest BCUT2D eigenvalue weighted by atomic mass is 16.7. The van der Waals surface area contributed by atoms with Gasteiger partial charge in [-0.3, -0.25) is 0 Å². The summed E-state index contributed by atoms with van der Waals surface area (Å²) in [6.45, 7) is 0.177. The highest BCUT2D eigenvalue weighted by molar-refractivity contribution is 5.91. The van der Waals surface area contributed by atoms with Gasteiger partial charge in [0.1, 0.15) is 11.5 Å². The van der Waals surface area contributed by atoms with Crippen LogP contribution in [0.1, 0.15) is 21.7 Å². The van der Waals surface area contributed by atoms with Gasteiger partial charge in [0.2, 0.25) is 6.79 Å². The van der Waals surface area contributed by atoms with Crippen molar-refractivity contribution in [3.63, 3.8) is 0 Å². The molecule has 0 amide bonds. The molecule has 6 heteroatoms. The lowest BCUT2D eigenvalue weighted by Crippen LogP contribution is -2.00. The van der Waals surface area contributed by atoms with Crippen LogP contribution in [0.25, 0.3) is 23.0 Å². The van der Waals surface area contributed by atoms with E-state index < -0.39 is 5.97 Å². The van der Waals surface area contributed by atoms with Gasteiger partial charge >= 0.3 is 5.97 Å². The van der Waals surface area contributed by atoms with Gasteiger partial charge in [-0.05, 0) is 54.1 Å². The molecule has 138 valence electrons. The summed E-state index contributed by atoms with van der Waals surface area (Å²) < 4.78 is 21.3. The summed E-state index contributed by atoms with van der Waals surface area (Å²) in [5.74, 6) is 1.96. The zero-order valence-electron chi connectivity index (χ0n) is 15.0. The molecule has 0 bridgehead atoms. The van der Waals surface area contributed by atoms with Crippen LogP contribution in [0.4, 0.5) is 0 Å². The fraction of sp³-hybridized carbons (Fsp3) is 0.0909. The molecule has 4 rings (SSSR count). The molecule has 28 heavy (non-hydrogen) atoms. The molecular formula is C22H15NO5. The van der Waals surface area contributed by atoms with Gasteiger partial charge in [0.15, 0.2) is 11.5 Å². The fourth-order valence-corrected chi connectivity index (χ4v) is 2.89. The largest absolute Gasteiger partial charge is 0.465 e. The molecule has 2 heterocycles. The summed E-state index contributed by atoms with van der Waals surface area (Å²) in [5, 5.41) is 9.55. The molecule has 0 spiro atoms. The second-order valence-corrected chi connectivity index (χ2v) is 6.01. The number of benzene rings is 2. The van der Waals surface area contributed by atoms with Crippen molar-refractivity contribution in [1.29, 1.82) is 5.26 Å². The first kappa shape index (κ1) is 17.4. The van der Waals surface area contributed by atoms with Gasteiger partial charge in [0, 0.05) is 5.56 Å². The quantitative estimate of drug-likeness (QED) is 0.494. The van der Waals surface area contributed by atoms with Gasteiger partial charge in [-0.25, -0.2) is 4.79 Å². The smallest absolute Gasteiger partial charge is 0.337 e. The van der Waals surface area contributed by atoms with Crippen molar-refractivity contribution in [2.75, 3.05) is 13.9 Å². The van der Waals surface area contributed by atoms with Crippen LogP contribution in [0.2, 0.25) is 0 Å². The topological polar surface area (TPSA) is 81.7 Å². The van der Waals surface area contributed by atoms with Gasteiger partial charge in [-0.1, -0.05) is 12.1 Å². The molecule has 0 aliphatic carbocycles. The molecule has 1 aromatic heterocycles. The fourth-order valence-electron chi connectivity index (χ4n) is 2.89. The second kappa shape index (κ2) is 7.33. The highest BCUT2D eigenvalue weighted by Gasteiger charge is 2.15. The zero-order valence-corrected chi connectivity index (χ0v) is 15.0. The molecule has 1 aliphatic heterocycles. The number of ether oxygens (including phenoxy) is 3. The summed E-state index contributed by atoms with van der Waals surface area (Å²) in [6.07, 6.45) is 1.66. The van der Waals surface area contributed by atoms with Crippen molar-refractivity contribution >= 4 is 17.6 Å². The number of nitriles is 1. The van der Waals surface area contributed by atoms with Gasteiger partial charge in [0.05, 0.1) is 24.3 Å². The molecular weight excluding hydrogens is 358 g/mol. The zero-order chi connectivity index (χ0) is 19.5. The van der Waals surface area contributed by atoms with Gasteiger partial charge in [-0.15, -0.1) is 0 Å². The van der Waals surface area contributed by atoms with Crippen molar-refractivity contribution in [1.82, 2.24) is 0 Å². The van der Waals surface area contributed by atoms with Crippen molar-refractivity contribution in [2.24, 2.45) is 0 Å². The normalized spacial score (nSPS) is 12.5. The maximum atomic E-state index is 11.7. The Morgan fingerprint density at radius 2 is 1.93 bits per heavy atom. The number of esters is 1. The van der Waals surface area contributed by atoms with Gasteiger partial charge in [-0.2, -0.15) is 5.26 Å². The van der Waals surface area contributed by atoms with E-state index in [1.54, 1.807) is 54.6 Å². The molecule has 0 saturated carbocycles. The molecule has 0 radical (unpaired) electrons. The Kier molecular flexibility index (Phi) is 4.56. The minimum atomic E-state index is -0.414. The number of carbonyl (C=O) groups excluding carboxylic acids is 1. The first-order valence-electron chi connectivity index (χ1n) is 8.48. The SMILES string of the molecule is COC(=O)c1cccc(-c2ccc(/C=C(/C#N)c3ccc4c(c3)OCO4)o2)c1. The number of allylic oxidation sites excluding steroid dienone is 1. The Morgan fingerprint density at radius 1 is 1.07 bits per heavy atom. The van der Waals surface area contributed by atoms with E-state index in [1.807, 2.05) is 6.07 Å². The molecule has 3 aromatic rings. The third kappa shape index (κ3) is 3.33. The number of hydrogen-bond donors (Lipinski definition) is 0. The van der Waals surface area contributed by atoms with Crippen LogP contribution < -0.4 is 9.47 Å². The van der Waals surface area contributed by atoms with E-state index in [4.69, 9.17) is 18.6 Å². The lowest BCUT2D eigenvalue weighted by Gasteiger charge is -2.02. The number of furan rings is 1. The summed E-state index contributed by atoms with van der Waals surface area (Å²) in [6, 6.07) is 18.0. The van der Waals surface area contributed by atoms with Crippen LogP contribution in [0.3, 0.4) is 0 Å². The lowest BCUT2D eigenvalue weighted by atomic mass is 10.1. The van der Waals surface area contributed by atoms with E-state index in [0.29, 0.717) is 39.7 Å². The third-order valence-electron chi connectivity index (χ3n) is 4.29. The van der Waals surface area contributed by atoms with E-state index in [0.717, 1.165) is 5.56 Å². The molecule has 2 aromatic carbocycles. The Hall–Kier alpha value is -3.98. The average Bonchev–Trinajstić information content (AvgIpc) is 3.40. The summed E-state index contributed by atoms with van der Waals surface area (Å²) in [7, 11) is 1.34. The number of nitrogens with zero attached hydrogens (tertiary/aromatic N) is 1. The number of carbonyl (C=O) groups is 1. The molecule has 6 nitrogen and oxygen atoms in total. The van der Waals surface area contributed by atoms with Crippen LogP contribution in [0, 0.1) is 11.3 Å². The van der Waals surface area contributed by atoms with E-state index in [-0.39, 0.29) is 6.79 Å². The first-order chi connectivity index (χ1) is 13.7. The van der Waals surface area contributed by atoms with Crippen molar-refractivity contribution in [3.05, 3.63) is 71.5 Å². The number of hydrogen-bond acceptors (Lipinski definition) is 6. The van der Waals surface area contributed by atoms with Crippen LogP contribution >= 0.6 is 0 Å². The first-order valence-corrected chi connectivity index (χ1v) is 8.48. The second-order valence-electron chi connectivity index (χ2n) is 6.01. The number of fused-ring (bicyclic) bond motifs is 1. The molecule has 0 atom stereocenters. The van der Waals surface area contributed by atoms with Gasteiger partial charge in [0.25, 0.3) is 0 Å². The molecule has 0 N–H and O–H groups in total. The molecule has 1 aliphatic rings. The minimum Gasteiger partial charge on any atom is -0.465 e. The Balaban J connectivity index is 1.63. The Morgan fingerprint density at radius 3 is 2.75 bits per heavy atom. The van der Waals surface area contributed by atoms with Crippen LogP contribution in [0.15, 0.2) is 59.0 Å². The maximum Gasteiger partial charge on any atom is 0.337 e. The van der Waals surface area contributed by atoms with E-state index in [2.05, 4.69) is 6.07 Å². The van der Waals surface area contributed by atoms with E-state index in [1.165, 1.54) is 7.11 Å². The van der Waals surface area contributed by atoms with Gasteiger partial charge < -0.3 is 18.6 Å². The van der Waals surface area contributed by atoms with Crippen LogP contribution in [-0.2, 0) is 4.74 Å². The Bertz CT molecular complexity index is 1120. The molecule has 0 saturated heterocycles. The highest BCUT2D eigenvalue weighted by Crippen LogP contribution is 2.35. The van der Waals surface area contributed by atoms with E-state index >= 15 is 0 Å². The lowest BCUT2D eigenvalue weighted by molar-refractivity contribution is 0.0601. The Labute approximate surface area is 161 Å². The number of rotatable bonds is 4.